The Kier molecular flexibility index (Phi) is 9.85. The lowest BCUT2D eigenvalue weighted by molar-refractivity contribution is -0.122. The highest BCUT2D eigenvalue weighted by atomic mass is 16.5. The van der Waals surface area contributed by atoms with Crippen LogP contribution < -0.4 is 21.1 Å². The first-order chi connectivity index (χ1) is 19.3. The van der Waals surface area contributed by atoms with Gasteiger partial charge in [-0.05, 0) is 68.6 Å². The van der Waals surface area contributed by atoms with Crippen molar-refractivity contribution in [1.82, 2.24) is 30.5 Å². The van der Waals surface area contributed by atoms with Crippen LogP contribution >= 0.6 is 0 Å². The Bertz CT molecular complexity index is 1320. The molecule has 11 heteroatoms. The van der Waals surface area contributed by atoms with Crippen LogP contribution in [0, 0.1) is 6.92 Å². The molecule has 2 aromatic carbocycles. The van der Waals surface area contributed by atoms with Gasteiger partial charge < -0.3 is 26.0 Å². The molecular formula is C29H37N7O4. The minimum atomic E-state index is -0.748. The number of fused-ring (bicyclic) bond motifs is 3. The summed E-state index contributed by atoms with van der Waals surface area (Å²) in [5, 5.41) is 14.1. The molecule has 4 N–H and O–H groups in total. The van der Waals surface area contributed by atoms with Gasteiger partial charge >= 0.3 is 0 Å². The fraction of sp³-hybridized carbons (Fsp3) is 0.414. The van der Waals surface area contributed by atoms with E-state index in [0.29, 0.717) is 68.2 Å². The smallest absolute Gasteiger partial charge is 0.255 e. The molecule has 1 aromatic heterocycles. The molecule has 1 aliphatic rings. The van der Waals surface area contributed by atoms with Gasteiger partial charge in [-0.1, -0.05) is 23.4 Å². The molecule has 0 radical (unpaired) electrons. The standard InChI is InChI=1S/C29H37N7O4/c1-20-5-10-25-26(17-20)40-16-4-15-36-19-24(33-34-36)18-35(14-3-13-31-27(37)21(2)32-28(25)38)29(39)23-8-6-22(7-9-23)11-12-30/h5-10,17,19,21H,3-4,11-16,18,30H2,1-2H3,(H,31,37)(H,32,38)/t21-/m1/s1. The minimum Gasteiger partial charge on any atom is -0.493 e. The first-order valence-electron chi connectivity index (χ1n) is 13.6. The van der Waals surface area contributed by atoms with Crippen LogP contribution in [0.4, 0.5) is 0 Å². The first kappa shape index (κ1) is 28.8. The van der Waals surface area contributed by atoms with E-state index >= 15 is 0 Å². The maximum atomic E-state index is 13.4. The van der Waals surface area contributed by atoms with E-state index in [1.807, 2.05) is 49.5 Å². The van der Waals surface area contributed by atoms with Crippen molar-refractivity contribution in [2.75, 3.05) is 26.2 Å². The lowest BCUT2D eigenvalue weighted by Crippen LogP contribution is -2.45. The molecule has 4 rings (SSSR count). The number of aryl methyl sites for hydroxylation is 2. The van der Waals surface area contributed by atoms with Crippen molar-refractivity contribution in [1.29, 1.82) is 0 Å². The van der Waals surface area contributed by atoms with Gasteiger partial charge in [0.25, 0.3) is 11.8 Å². The van der Waals surface area contributed by atoms with E-state index in [2.05, 4.69) is 20.9 Å². The second-order valence-electron chi connectivity index (χ2n) is 9.98. The van der Waals surface area contributed by atoms with Gasteiger partial charge in [-0.3, -0.25) is 19.1 Å². The molecule has 40 heavy (non-hydrogen) atoms. The van der Waals surface area contributed by atoms with Crippen LogP contribution in [0.1, 0.15) is 57.3 Å². The predicted molar refractivity (Wildman–Crippen MR) is 150 cm³/mol. The van der Waals surface area contributed by atoms with E-state index in [0.717, 1.165) is 17.5 Å². The van der Waals surface area contributed by atoms with Crippen molar-refractivity contribution in [3.63, 3.8) is 0 Å². The summed E-state index contributed by atoms with van der Waals surface area (Å²) in [7, 11) is 0. The Balaban J connectivity index is 1.51. The number of nitrogens with two attached hydrogens (primary N) is 1. The highest BCUT2D eigenvalue weighted by molar-refractivity contribution is 5.99. The Morgan fingerprint density at radius 3 is 2.70 bits per heavy atom. The fourth-order valence-corrected chi connectivity index (χ4v) is 4.45. The summed E-state index contributed by atoms with van der Waals surface area (Å²) in [5.41, 5.74) is 9.29. The molecule has 0 saturated heterocycles. The second-order valence-corrected chi connectivity index (χ2v) is 9.98. The van der Waals surface area contributed by atoms with Gasteiger partial charge in [-0.25, -0.2) is 0 Å². The molecule has 3 aromatic rings. The van der Waals surface area contributed by atoms with Crippen LogP contribution in [0.15, 0.2) is 48.7 Å². The molecule has 3 amide bonds. The maximum Gasteiger partial charge on any atom is 0.255 e. The molecule has 2 heterocycles. The van der Waals surface area contributed by atoms with Gasteiger partial charge in [0.05, 0.1) is 24.9 Å². The van der Waals surface area contributed by atoms with E-state index < -0.39 is 6.04 Å². The average Bonchev–Trinajstić information content (AvgIpc) is 3.39. The number of carbonyl (C=O) groups is 3. The molecule has 0 unspecified atom stereocenters. The zero-order chi connectivity index (χ0) is 28.5. The third kappa shape index (κ3) is 7.66. The third-order valence-corrected chi connectivity index (χ3v) is 6.68. The zero-order valence-electron chi connectivity index (χ0n) is 23.1. The molecule has 0 spiro atoms. The number of carbonyl (C=O) groups excluding carboxylic acids is 3. The molecule has 0 saturated carbocycles. The van der Waals surface area contributed by atoms with E-state index in [1.54, 1.807) is 22.6 Å². The summed E-state index contributed by atoms with van der Waals surface area (Å²) in [5.74, 6) is -0.358. The predicted octanol–water partition coefficient (Wildman–Crippen LogP) is 1.84. The highest BCUT2D eigenvalue weighted by Gasteiger charge is 2.21. The summed E-state index contributed by atoms with van der Waals surface area (Å²) in [4.78, 5) is 40.8. The van der Waals surface area contributed by atoms with Gasteiger partial charge in [-0.2, -0.15) is 0 Å². The SMILES string of the molecule is Cc1ccc2c(c1)OCCCn1cc(nn1)CN(C(=O)c1ccc(CCN)cc1)CCCNC(=O)[C@@H](C)NC2=O. The fourth-order valence-electron chi connectivity index (χ4n) is 4.45. The summed E-state index contributed by atoms with van der Waals surface area (Å²) in [6.45, 7) is 6.05. The average molecular weight is 548 g/mol. The monoisotopic (exact) mass is 547 g/mol. The van der Waals surface area contributed by atoms with Crippen LogP contribution in [0.3, 0.4) is 0 Å². The summed E-state index contributed by atoms with van der Waals surface area (Å²) in [6, 6.07) is 12.1. The number of benzene rings is 2. The van der Waals surface area contributed by atoms with Crippen LogP contribution in [-0.4, -0.2) is 69.9 Å². The van der Waals surface area contributed by atoms with Crippen molar-refractivity contribution < 1.29 is 19.1 Å². The Morgan fingerprint density at radius 2 is 1.93 bits per heavy atom. The number of rotatable bonds is 3. The van der Waals surface area contributed by atoms with Gasteiger partial charge in [0, 0.05) is 31.6 Å². The van der Waals surface area contributed by atoms with E-state index in [-0.39, 0.29) is 24.3 Å². The van der Waals surface area contributed by atoms with Crippen LogP contribution in [0.5, 0.6) is 5.75 Å². The lowest BCUT2D eigenvalue weighted by Gasteiger charge is -2.22. The molecule has 1 aliphatic heterocycles. The third-order valence-electron chi connectivity index (χ3n) is 6.68. The molecule has 0 fully saturated rings. The normalized spacial score (nSPS) is 17.4. The first-order valence-corrected chi connectivity index (χ1v) is 13.6. The quantitative estimate of drug-likeness (QED) is 0.454. The number of aromatic nitrogens is 3. The molecule has 1 atom stereocenters. The molecule has 2 bridgehead atoms. The highest BCUT2D eigenvalue weighted by Crippen LogP contribution is 2.21. The van der Waals surface area contributed by atoms with Gasteiger partial charge in [0.15, 0.2) is 0 Å². The number of amides is 3. The van der Waals surface area contributed by atoms with Crippen molar-refractivity contribution in [2.24, 2.45) is 5.73 Å². The van der Waals surface area contributed by atoms with Crippen molar-refractivity contribution in [3.8, 4) is 5.75 Å². The molecular weight excluding hydrogens is 510 g/mol. The van der Waals surface area contributed by atoms with Crippen molar-refractivity contribution in [3.05, 3.63) is 76.6 Å². The summed E-state index contributed by atoms with van der Waals surface area (Å²) in [6.07, 6.45) is 3.73. The van der Waals surface area contributed by atoms with E-state index in [4.69, 9.17) is 10.5 Å². The zero-order valence-corrected chi connectivity index (χ0v) is 23.1. The van der Waals surface area contributed by atoms with E-state index in [1.165, 1.54) is 0 Å². The van der Waals surface area contributed by atoms with Gasteiger partial charge in [-0.15, -0.1) is 5.10 Å². The summed E-state index contributed by atoms with van der Waals surface area (Å²) < 4.78 is 7.68. The number of nitrogens with zero attached hydrogens (tertiary/aromatic N) is 4. The van der Waals surface area contributed by atoms with Crippen LogP contribution in [0.25, 0.3) is 0 Å². The van der Waals surface area contributed by atoms with Crippen LogP contribution in [0.2, 0.25) is 0 Å². The molecule has 11 nitrogen and oxygen atoms in total. The molecule has 0 aliphatic carbocycles. The maximum absolute atomic E-state index is 13.4. The number of nitrogens with one attached hydrogen (secondary N) is 2. The van der Waals surface area contributed by atoms with E-state index in [9.17, 15) is 14.4 Å². The number of hydrogen-bond acceptors (Lipinski definition) is 7. The Labute approximate surface area is 234 Å². The van der Waals surface area contributed by atoms with Gasteiger partial charge in [0.2, 0.25) is 5.91 Å². The molecule has 212 valence electrons. The Hall–Kier alpha value is -4.25. The van der Waals surface area contributed by atoms with Gasteiger partial charge in [0.1, 0.15) is 17.5 Å². The lowest BCUT2D eigenvalue weighted by atomic mass is 10.1. The number of ether oxygens (including phenoxy) is 1. The van der Waals surface area contributed by atoms with Crippen molar-refractivity contribution >= 4 is 17.7 Å². The Morgan fingerprint density at radius 1 is 1.12 bits per heavy atom. The number of hydrogen-bond donors (Lipinski definition) is 3. The minimum absolute atomic E-state index is 0.131. The summed E-state index contributed by atoms with van der Waals surface area (Å²) >= 11 is 0. The largest absolute Gasteiger partial charge is 0.493 e. The topological polar surface area (TPSA) is 144 Å². The van der Waals surface area contributed by atoms with Crippen molar-refractivity contribution in [2.45, 2.75) is 52.2 Å². The van der Waals surface area contributed by atoms with Crippen LogP contribution in [-0.2, 0) is 24.3 Å². The second kappa shape index (κ2) is 13.7.